The number of carbonyl (C=O) groups is 1. The molecule has 2 atom stereocenters. The first kappa shape index (κ1) is 24.0. The number of carbonyl (C=O) groups excluding carboxylic acids is 1. The molecule has 3 aromatic rings. The van der Waals surface area contributed by atoms with Gasteiger partial charge in [-0.15, -0.1) is 0 Å². The molecule has 7 nitrogen and oxygen atoms in total. The van der Waals surface area contributed by atoms with E-state index in [0.29, 0.717) is 11.5 Å². The van der Waals surface area contributed by atoms with Crippen LogP contribution in [0.4, 0.5) is 0 Å². The van der Waals surface area contributed by atoms with Crippen LogP contribution in [0.1, 0.15) is 52.9 Å². The van der Waals surface area contributed by atoms with Crippen molar-refractivity contribution >= 4 is 12.0 Å². The van der Waals surface area contributed by atoms with Gasteiger partial charge in [-0.1, -0.05) is 25.1 Å². The monoisotopic (exact) mass is 476 g/mol. The second kappa shape index (κ2) is 10.0. The number of benzene rings is 3. The molecule has 0 saturated heterocycles. The molecule has 0 amide bonds. The highest BCUT2D eigenvalue weighted by Crippen LogP contribution is 2.51. The highest BCUT2D eigenvalue weighted by molar-refractivity contribution is 5.92. The fourth-order valence-electron chi connectivity index (χ4n) is 4.21. The van der Waals surface area contributed by atoms with Crippen molar-refractivity contribution in [3.8, 4) is 34.5 Å². The van der Waals surface area contributed by atoms with Crippen LogP contribution in [0.15, 0.2) is 54.6 Å². The SMILES string of the molecule is C/C=C/c1cc(OC)c2c(c1)[C@@H](C)[C@H](c1ccc(OC(=O)c3ccc(O)c(OC)c3)c(OC)c1)O2. The lowest BCUT2D eigenvalue weighted by Crippen LogP contribution is -2.11. The van der Waals surface area contributed by atoms with E-state index in [4.69, 9.17) is 23.7 Å². The van der Waals surface area contributed by atoms with E-state index in [-0.39, 0.29) is 34.8 Å². The summed E-state index contributed by atoms with van der Waals surface area (Å²) in [5.41, 5.74) is 3.23. The molecule has 3 aromatic carbocycles. The first-order chi connectivity index (χ1) is 16.9. The van der Waals surface area contributed by atoms with E-state index in [1.54, 1.807) is 13.2 Å². The first-order valence-electron chi connectivity index (χ1n) is 11.2. The van der Waals surface area contributed by atoms with Gasteiger partial charge in [-0.3, -0.25) is 0 Å². The van der Waals surface area contributed by atoms with Crippen molar-refractivity contribution in [3.63, 3.8) is 0 Å². The number of hydrogen-bond donors (Lipinski definition) is 1. The van der Waals surface area contributed by atoms with E-state index < -0.39 is 5.97 Å². The van der Waals surface area contributed by atoms with Crippen molar-refractivity contribution in [2.45, 2.75) is 25.9 Å². The zero-order valence-electron chi connectivity index (χ0n) is 20.3. The van der Waals surface area contributed by atoms with Crippen LogP contribution in [0.25, 0.3) is 6.08 Å². The maximum atomic E-state index is 12.7. The van der Waals surface area contributed by atoms with E-state index in [9.17, 15) is 9.90 Å². The Morgan fingerprint density at radius 2 is 1.66 bits per heavy atom. The number of ether oxygens (including phenoxy) is 5. The minimum atomic E-state index is -0.603. The van der Waals surface area contributed by atoms with Gasteiger partial charge in [0.05, 0.1) is 26.9 Å². The third kappa shape index (κ3) is 4.62. The van der Waals surface area contributed by atoms with Crippen LogP contribution in [0.5, 0.6) is 34.5 Å². The molecule has 4 rings (SSSR count). The summed E-state index contributed by atoms with van der Waals surface area (Å²) in [6, 6.07) is 13.7. The summed E-state index contributed by atoms with van der Waals surface area (Å²) in [6.07, 6.45) is 3.75. The Morgan fingerprint density at radius 1 is 0.914 bits per heavy atom. The molecule has 1 aliphatic rings. The van der Waals surface area contributed by atoms with Gasteiger partial charge in [0.15, 0.2) is 34.5 Å². The first-order valence-corrected chi connectivity index (χ1v) is 11.2. The quantitative estimate of drug-likeness (QED) is 0.335. The molecule has 1 heterocycles. The summed E-state index contributed by atoms with van der Waals surface area (Å²) in [5, 5.41) is 9.76. The molecule has 0 aromatic heterocycles. The maximum Gasteiger partial charge on any atom is 0.343 e. The highest BCUT2D eigenvalue weighted by atomic mass is 16.6. The number of fused-ring (bicyclic) bond motifs is 1. The van der Waals surface area contributed by atoms with E-state index in [1.165, 1.54) is 32.4 Å². The Hall–Kier alpha value is -4.13. The second-order valence-corrected chi connectivity index (χ2v) is 8.16. The standard InChI is InChI=1S/C28H28O7/c1-6-7-17-12-20-16(2)26(35-27(20)25(13-17)33-5)18-9-11-22(24(14-18)32-4)34-28(30)19-8-10-21(29)23(15-19)31-3/h6-16,26,29H,1-5H3/b7-6+/t16-,26-/m1/s1. The van der Waals surface area contributed by atoms with E-state index in [2.05, 4.69) is 13.0 Å². The molecule has 0 bridgehead atoms. The molecular formula is C28H28O7. The molecular weight excluding hydrogens is 448 g/mol. The third-order valence-corrected chi connectivity index (χ3v) is 6.01. The normalized spacial score (nSPS) is 16.5. The van der Waals surface area contributed by atoms with Gasteiger partial charge in [0.25, 0.3) is 0 Å². The van der Waals surface area contributed by atoms with Gasteiger partial charge in [0, 0.05) is 11.5 Å². The summed E-state index contributed by atoms with van der Waals surface area (Å²) < 4.78 is 28.1. The summed E-state index contributed by atoms with van der Waals surface area (Å²) >= 11 is 0. The number of allylic oxidation sites excluding steroid dienone is 1. The van der Waals surface area contributed by atoms with Gasteiger partial charge >= 0.3 is 5.97 Å². The largest absolute Gasteiger partial charge is 0.504 e. The summed E-state index contributed by atoms with van der Waals surface area (Å²) in [6.45, 7) is 4.08. The smallest absolute Gasteiger partial charge is 0.343 e. The van der Waals surface area contributed by atoms with Gasteiger partial charge in [-0.2, -0.15) is 0 Å². The number of rotatable bonds is 7. The molecule has 182 valence electrons. The Labute approximate surface area is 204 Å². The van der Waals surface area contributed by atoms with Crippen molar-refractivity contribution in [3.05, 3.63) is 76.9 Å². The van der Waals surface area contributed by atoms with Crippen molar-refractivity contribution in [2.75, 3.05) is 21.3 Å². The second-order valence-electron chi connectivity index (χ2n) is 8.16. The van der Waals surface area contributed by atoms with Gasteiger partial charge in [0.2, 0.25) is 0 Å². The molecule has 35 heavy (non-hydrogen) atoms. The number of aromatic hydroxyl groups is 1. The molecule has 1 N–H and O–H groups in total. The Morgan fingerprint density at radius 3 is 2.34 bits per heavy atom. The molecule has 7 heteroatoms. The molecule has 0 fully saturated rings. The van der Waals surface area contributed by atoms with E-state index >= 15 is 0 Å². The lowest BCUT2D eigenvalue weighted by atomic mass is 9.91. The summed E-state index contributed by atoms with van der Waals surface area (Å²) in [4.78, 5) is 12.7. The van der Waals surface area contributed by atoms with Crippen molar-refractivity contribution in [1.29, 1.82) is 0 Å². The van der Waals surface area contributed by atoms with Crippen LogP contribution in [0.2, 0.25) is 0 Å². The minimum Gasteiger partial charge on any atom is -0.504 e. The fourth-order valence-corrected chi connectivity index (χ4v) is 4.21. The Balaban J connectivity index is 1.60. The number of esters is 1. The maximum absolute atomic E-state index is 12.7. The zero-order chi connectivity index (χ0) is 25.1. The predicted octanol–water partition coefficient (Wildman–Crippen LogP) is 5.91. The fraction of sp³-hybridized carbons (Fsp3) is 0.250. The van der Waals surface area contributed by atoms with Gasteiger partial charge in [-0.05, 0) is 60.5 Å². The van der Waals surface area contributed by atoms with Crippen LogP contribution >= 0.6 is 0 Å². The molecule has 0 radical (unpaired) electrons. The van der Waals surface area contributed by atoms with Crippen molar-refractivity contribution in [1.82, 2.24) is 0 Å². The van der Waals surface area contributed by atoms with Gasteiger partial charge in [-0.25, -0.2) is 4.79 Å². The van der Waals surface area contributed by atoms with Crippen molar-refractivity contribution in [2.24, 2.45) is 0 Å². The minimum absolute atomic E-state index is 0.0617. The van der Waals surface area contributed by atoms with Gasteiger partial charge < -0.3 is 28.8 Å². The molecule has 1 aliphatic heterocycles. The van der Waals surface area contributed by atoms with Crippen LogP contribution < -0.4 is 23.7 Å². The molecule has 0 aliphatic carbocycles. The van der Waals surface area contributed by atoms with E-state index in [1.807, 2.05) is 37.3 Å². The molecule has 0 spiro atoms. The number of hydrogen-bond acceptors (Lipinski definition) is 7. The lowest BCUT2D eigenvalue weighted by Gasteiger charge is -2.18. The number of phenols is 1. The predicted molar refractivity (Wildman–Crippen MR) is 132 cm³/mol. The highest BCUT2D eigenvalue weighted by Gasteiger charge is 2.35. The van der Waals surface area contributed by atoms with Crippen LogP contribution in [-0.2, 0) is 0 Å². The van der Waals surface area contributed by atoms with Crippen molar-refractivity contribution < 1.29 is 33.6 Å². The summed E-state index contributed by atoms with van der Waals surface area (Å²) in [7, 11) is 4.56. The average Bonchev–Trinajstić information content (AvgIpc) is 3.20. The summed E-state index contributed by atoms with van der Waals surface area (Å²) in [5.74, 6) is 1.66. The van der Waals surface area contributed by atoms with E-state index in [0.717, 1.165) is 22.4 Å². The van der Waals surface area contributed by atoms with Crippen LogP contribution in [0.3, 0.4) is 0 Å². The molecule has 0 saturated carbocycles. The lowest BCUT2D eigenvalue weighted by molar-refractivity contribution is 0.0729. The Bertz CT molecular complexity index is 1280. The van der Waals surface area contributed by atoms with Crippen LogP contribution in [0, 0.1) is 0 Å². The number of methoxy groups -OCH3 is 3. The van der Waals surface area contributed by atoms with Crippen LogP contribution in [-0.4, -0.2) is 32.4 Å². The zero-order valence-corrected chi connectivity index (χ0v) is 20.3. The topological polar surface area (TPSA) is 83.5 Å². The third-order valence-electron chi connectivity index (χ3n) is 6.01. The Kier molecular flexibility index (Phi) is 6.87. The molecule has 0 unspecified atom stereocenters. The van der Waals surface area contributed by atoms with Gasteiger partial charge in [0.1, 0.15) is 6.10 Å². The number of phenolic OH excluding ortho intramolecular Hbond substituents is 1. The average molecular weight is 477 g/mol.